The van der Waals surface area contributed by atoms with E-state index in [1.165, 1.54) is 0 Å². The number of hydrogen-bond acceptors (Lipinski definition) is 3. The van der Waals surface area contributed by atoms with Crippen molar-refractivity contribution < 1.29 is 9.59 Å². The first-order valence-corrected chi connectivity index (χ1v) is 8.72. The Kier molecular flexibility index (Phi) is 10.4. The Morgan fingerprint density at radius 3 is 2.16 bits per heavy atom. The molecule has 2 amide bonds. The average Bonchev–Trinajstić information content (AvgIpc) is 2.57. The molecule has 0 heterocycles. The summed E-state index contributed by atoms with van der Waals surface area (Å²) in [5.41, 5.74) is 6.60. The average molecular weight is 370 g/mol. The van der Waals surface area contributed by atoms with Crippen molar-refractivity contribution in [1.82, 2.24) is 10.6 Å². The van der Waals surface area contributed by atoms with Crippen molar-refractivity contribution in [1.29, 1.82) is 0 Å². The molecule has 0 fully saturated rings. The van der Waals surface area contributed by atoms with E-state index in [0.717, 1.165) is 18.4 Å². The van der Waals surface area contributed by atoms with Gasteiger partial charge in [0, 0.05) is 18.5 Å². The zero-order valence-electron chi connectivity index (χ0n) is 15.7. The van der Waals surface area contributed by atoms with E-state index in [-0.39, 0.29) is 30.1 Å². The van der Waals surface area contributed by atoms with E-state index in [0.29, 0.717) is 13.0 Å². The van der Waals surface area contributed by atoms with Gasteiger partial charge in [0.15, 0.2) is 0 Å². The number of carbonyl (C=O) groups excluding carboxylic acids is 2. The largest absolute Gasteiger partial charge is 0.352 e. The Hall–Kier alpha value is -1.59. The predicted octanol–water partition coefficient (Wildman–Crippen LogP) is 2.95. The van der Waals surface area contributed by atoms with Crippen LogP contribution >= 0.6 is 12.4 Å². The summed E-state index contributed by atoms with van der Waals surface area (Å²) in [6.45, 7) is 8.36. The van der Waals surface area contributed by atoms with E-state index in [4.69, 9.17) is 5.73 Å². The summed E-state index contributed by atoms with van der Waals surface area (Å²) < 4.78 is 0. The highest BCUT2D eigenvalue weighted by atomic mass is 35.5. The van der Waals surface area contributed by atoms with Crippen LogP contribution in [0.5, 0.6) is 0 Å². The number of benzene rings is 1. The highest BCUT2D eigenvalue weighted by Crippen LogP contribution is 2.15. The summed E-state index contributed by atoms with van der Waals surface area (Å²) in [6.07, 6.45) is 1.94. The molecule has 0 spiro atoms. The molecule has 1 unspecified atom stereocenters. The smallest absolute Gasteiger partial charge is 0.247 e. The van der Waals surface area contributed by atoms with E-state index in [1.807, 2.05) is 58.0 Å². The van der Waals surface area contributed by atoms with Gasteiger partial charge in [-0.25, -0.2) is 0 Å². The van der Waals surface area contributed by atoms with E-state index < -0.39 is 11.6 Å². The molecule has 142 valence electrons. The fourth-order valence-electron chi connectivity index (χ4n) is 2.40. The third kappa shape index (κ3) is 7.88. The van der Waals surface area contributed by atoms with Crippen molar-refractivity contribution in [2.75, 3.05) is 6.54 Å². The van der Waals surface area contributed by atoms with Crippen LogP contribution in [0, 0.1) is 5.92 Å². The maximum atomic E-state index is 12.7. The topological polar surface area (TPSA) is 84.2 Å². The molecule has 1 aromatic rings. The van der Waals surface area contributed by atoms with Crippen LogP contribution in [0.2, 0.25) is 0 Å². The van der Waals surface area contributed by atoms with Gasteiger partial charge in [0.25, 0.3) is 0 Å². The molecule has 1 rings (SSSR count). The van der Waals surface area contributed by atoms with Crippen LogP contribution in [-0.4, -0.2) is 23.9 Å². The third-order valence-electron chi connectivity index (χ3n) is 4.32. The monoisotopic (exact) mass is 369 g/mol. The van der Waals surface area contributed by atoms with Gasteiger partial charge >= 0.3 is 0 Å². The molecule has 1 atom stereocenters. The van der Waals surface area contributed by atoms with Crippen molar-refractivity contribution in [2.24, 2.45) is 11.7 Å². The molecular formula is C19H32ClN3O2. The molecule has 0 aliphatic heterocycles. The van der Waals surface area contributed by atoms with Crippen LogP contribution in [-0.2, 0) is 9.59 Å². The first kappa shape index (κ1) is 23.4. The Labute approximate surface area is 157 Å². The van der Waals surface area contributed by atoms with Gasteiger partial charge in [0.2, 0.25) is 11.8 Å². The third-order valence-corrected chi connectivity index (χ3v) is 4.32. The molecule has 0 aliphatic carbocycles. The zero-order valence-corrected chi connectivity index (χ0v) is 16.5. The van der Waals surface area contributed by atoms with Crippen LogP contribution in [0.15, 0.2) is 30.3 Å². The van der Waals surface area contributed by atoms with E-state index in [1.54, 1.807) is 0 Å². The maximum absolute atomic E-state index is 12.7. The van der Waals surface area contributed by atoms with Gasteiger partial charge in [-0.05, 0) is 24.3 Å². The Bertz CT molecular complexity index is 531. The van der Waals surface area contributed by atoms with Crippen LogP contribution in [0.4, 0.5) is 0 Å². The van der Waals surface area contributed by atoms with Crippen molar-refractivity contribution in [3.05, 3.63) is 35.9 Å². The van der Waals surface area contributed by atoms with Crippen molar-refractivity contribution >= 4 is 24.2 Å². The molecule has 4 N–H and O–H groups in total. The lowest BCUT2D eigenvalue weighted by molar-refractivity contribution is -0.129. The lowest BCUT2D eigenvalue weighted by atomic mass is 9.94. The summed E-state index contributed by atoms with van der Waals surface area (Å²) in [6, 6.07) is 8.58. The standard InChI is InChI=1S/C19H31N3O2.ClH/c1-5-19(20,6-2)13-21-18(24)17(15-10-8-7-9-11-15)22-16(23)12-14(3)4;/h7-11,14,17H,5-6,12-13,20H2,1-4H3,(H,21,24)(H,22,23);1H. The molecule has 0 radical (unpaired) electrons. The van der Waals surface area contributed by atoms with Gasteiger partial charge in [-0.2, -0.15) is 0 Å². The van der Waals surface area contributed by atoms with Crippen LogP contribution in [0.25, 0.3) is 0 Å². The zero-order chi connectivity index (χ0) is 18.2. The number of amides is 2. The van der Waals surface area contributed by atoms with Gasteiger partial charge in [0.05, 0.1) is 0 Å². The summed E-state index contributed by atoms with van der Waals surface area (Å²) in [7, 11) is 0. The van der Waals surface area contributed by atoms with E-state index in [2.05, 4.69) is 10.6 Å². The van der Waals surface area contributed by atoms with Gasteiger partial charge in [-0.3, -0.25) is 9.59 Å². The molecule has 0 bridgehead atoms. The fraction of sp³-hybridized carbons (Fsp3) is 0.579. The summed E-state index contributed by atoms with van der Waals surface area (Å²) in [5.74, 6) is -0.115. The Morgan fingerprint density at radius 2 is 1.68 bits per heavy atom. The second kappa shape index (κ2) is 11.1. The second-order valence-corrected chi connectivity index (χ2v) is 6.80. The van der Waals surface area contributed by atoms with E-state index >= 15 is 0 Å². The van der Waals surface area contributed by atoms with Crippen LogP contribution in [0.1, 0.15) is 58.6 Å². The van der Waals surface area contributed by atoms with E-state index in [9.17, 15) is 9.59 Å². The maximum Gasteiger partial charge on any atom is 0.247 e. The van der Waals surface area contributed by atoms with Gasteiger partial charge in [-0.15, -0.1) is 12.4 Å². The number of nitrogens with one attached hydrogen (secondary N) is 2. The minimum absolute atomic E-state index is 0. The highest BCUT2D eigenvalue weighted by Gasteiger charge is 2.26. The lowest BCUT2D eigenvalue weighted by Gasteiger charge is -2.28. The minimum atomic E-state index is -0.699. The van der Waals surface area contributed by atoms with Crippen molar-refractivity contribution in [3.63, 3.8) is 0 Å². The number of carbonyl (C=O) groups is 2. The molecule has 6 heteroatoms. The Morgan fingerprint density at radius 1 is 1.12 bits per heavy atom. The molecule has 0 saturated carbocycles. The Balaban J connectivity index is 0.00000576. The summed E-state index contributed by atoms with van der Waals surface area (Å²) in [5, 5.41) is 5.75. The molecular weight excluding hydrogens is 338 g/mol. The minimum Gasteiger partial charge on any atom is -0.352 e. The number of nitrogens with two attached hydrogens (primary N) is 1. The fourth-order valence-corrected chi connectivity index (χ4v) is 2.40. The first-order chi connectivity index (χ1) is 11.3. The summed E-state index contributed by atoms with van der Waals surface area (Å²) in [4.78, 5) is 24.8. The molecule has 0 aromatic heterocycles. The quantitative estimate of drug-likeness (QED) is 0.625. The van der Waals surface area contributed by atoms with Crippen molar-refractivity contribution in [3.8, 4) is 0 Å². The normalized spacial score (nSPS) is 12.2. The first-order valence-electron chi connectivity index (χ1n) is 8.72. The molecule has 0 saturated heterocycles. The number of hydrogen-bond donors (Lipinski definition) is 3. The molecule has 0 aliphatic rings. The SMILES string of the molecule is CCC(N)(CC)CNC(=O)C(NC(=O)CC(C)C)c1ccccc1.Cl. The van der Waals surface area contributed by atoms with Crippen molar-refractivity contribution in [2.45, 2.75) is 58.5 Å². The number of rotatable bonds is 9. The summed E-state index contributed by atoms with van der Waals surface area (Å²) >= 11 is 0. The van der Waals surface area contributed by atoms with Crippen LogP contribution < -0.4 is 16.4 Å². The highest BCUT2D eigenvalue weighted by molar-refractivity contribution is 5.88. The molecule has 25 heavy (non-hydrogen) atoms. The van der Waals surface area contributed by atoms with Gasteiger partial charge < -0.3 is 16.4 Å². The molecule has 1 aromatic carbocycles. The lowest BCUT2D eigenvalue weighted by Crippen LogP contribution is -2.51. The predicted molar refractivity (Wildman–Crippen MR) is 105 cm³/mol. The molecule has 5 nitrogen and oxygen atoms in total. The number of halogens is 1. The van der Waals surface area contributed by atoms with Gasteiger partial charge in [-0.1, -0.05) is 58.0 Å². The van der Waals surface area contributed by atoms with Gasteiger partial charge in [0.1, 0.15) is 6.04 Å². The second-order valence-electron chi connectivity index (χ2n) is 6.80. The van der Waals surface area contributed by atoms with Crippen LogP contribution in [0.3, 0.4) is 0 Å².